The zero-order valence-electron chi connectivity index (χ0n) is 18.7. The van der Waals surface area contributed by atoms with E-state index in [1.807, 2.05) is 30.3 Å². The molecule has 1 saturated carbocycles. The molecule has 0 saturated heterocycles. The number of ether oxygens (including phenoxy) is 1. The standard InChI is InChI=1S/C26H29N3O4/c30-23(27-20-13-7-2-1-3-8-14-20)18-33-26(32)24-21-15-9-10-16-22(21)25(31)29(28-24)17-19-11-5-4-6-12-19/h4-6,9-12,15-16,20H,1-3,7-8,13-14,17-18H2,(H,27,30). The summed E-state index contributed by atoms with van der Waals surface area (Å²) in [6.07, 6.45) is 7.75. The highest BCUT2D eigenvalue weighted by molar-refractivity contribution is 6.02. The van der Waals surface area contributed by atoms with Crippen LogP contribution in [0.3, 0.4) is 0 Å². The fourth-order valence-electron chi connectivity index (χ4n) is 4.32. The van der Waals surface area contributed by atoms with Gasteiger partial charge in [0.1, 0.15) is 0 Å². The van der Waals surface area contributed by atoms with E-state index in [9.17, 15) is 14.4 Å². The lowest BCUT2D eigenvalue weighted by atomic mass is 9.97. The number of esters is 1. The molecule has 7 nitrogen and oxygen atoms in total. The Bertz CT molecular complexity index is 1170. The van der Waals surface area contributed by atoms with Gasteiger partial charge in [-0.1, -0.05) is 80.6 Å². The number of rotatable bonds is 6. The Balaban J connectivity index is 1.49. The Labute approximate surface area is 192 Å². The summed E-state index contributed by atoms with van der Waals surface area (Å²) in [4.78, 5) is 38.2. The Kier molecular flexibility index (Phi) is 7.50. The van der Waals surface area contributed by atoms with Crippen molar-refractivity contribution in [3.8, 4) is 0 Å². The van der Waals surface area contributed by atoms with Crippen LogP contribution in [0.4, 0.5) is 0 Å². The minimum atomic E-state index is -0.721. The lowest BCUT2D eigenvalue weighted by Crippen LogP contribution is -2.38. The van der Waals surface area contributed by atoms with E-state index >= 15 is 0 Å². The van der Waals surface area contributed by atoms with Gasteiger partial charge in [-0.15, -0.1) is 0 Å². The summed E-state index contributed by atoms with van der Waals surface area (Å²) in [6, 6.07) is 16.4. The number of carbonyl (C=O) groups excluding carboxylic acids is 2. The maximum atomic E-state index is 12.9. The normalized spacial score (nSPS) is 14.9. The third-order valence-electron chi connectivity index (χ3n) is 6.04. The van der Waals surface area contributed by atoms with E-state index in [0.29, 0.717) is 10.8 Å². The second-order valence-corrected chi connectivity index (χ2v) is 8.53. The van der Waals surface area contributed by atoms with Crippen LogP contribution in [-0.4, -0.2) is 34.3 Å². The molecule has 0 atom stereocenters. The number of hydrogen-bond donors (Lipinski definition) is 1. The Morgan fingerprint density at radius 1 is 0.909 bits per heavy atom. The first-order chi connectivity index (χ1) is 16.1. The summed E-state index contributed by atoms with van der Waals surface area (Å²) >= 11 is 0. The summed E-state index contributed by atoms with van der Waals surface area (Å²) in [5.74, 6) is -1.03. The van der Waals surface area contributed by atoms with E-state index in [1.54, 1.807) is 24.3 Å². The van der Waals surface area contributed by atoms with Gasteiger partial charge in [0.2, 0.25) is 0 Å². The SMILES string of the molecule is O=C(COC(=O)c1nn(Cc2ccccc2)c(=O)c2ccccc12)NC1CCCCCCC1. The van der Waals surface area contributed by atoms with E-state index in [4.69, 9.17) is 4.74 Å². The number of aromatic nitrogens is 2. The van der Waals surface area contributed by atoms with Crippen molar-refractivity contribution >= 4 is 22.6 Å². The van der Waals surface area contributed by atoms with Gasteiger partial charge in [0.15, 0.2) is 12.3 Å². The highest BCUT2D eigenvalue weighted by atomic mass is 16.5. The van der Waals surface area contributed by atoms with Crippen molar-refractivity contribution in [3.05, 3.63) is 76.2 Å². The lowest BCUT2D eigenvalue weighted by molar-refractivity contribution is -0.125. The van der Waals surface area contributed by atoms with Crippen molar-refractivity contribution in [3.63, 3.8) is 0 Å². The molecule has 0 bridgehead atoms. The summed E-state index contributed by atoms with van der Waals surface area (Å²) in [5.41, 5.74) is 0.633. The van der Waals surface area contributed by atoms with Crippen molar-refractivity contribution < 1.29 is 14.3 Å². The van der Waals surface area contributed by atoms with Gasteiger partial charge < -0.3 is 10.1 Å². The van der Waals surface area contributed by atoms with Crippen LogP contribution in [-0.2, 0) is 16.1 Å². The van der Waals surface area contributed by atoms with Crippen molar-refractivity contribution in [2.45, 2.75) is 57.5 Å². The average molecular weight is 448 g/mol. The minimum absolute atomic E-state index is 0.0277. The Hall–Kier alpha value is -3.48. The molecule has 1 N–H and O–H groups in total. The summed E-state index contributed by atoms with van der Waals surface area (Å²) in [6.45, 7) is -0.143. The maximum Gasteiger partial charge on any atom is 0.359 e. The summed E-state index contributed by atoms with van der Waals surface area (Å²) < 4.78 is 6.58. The molecular formula is C26H29N3O4. The second kappa shape index (κ2) is 10.9. The molecule has 33 heavy (non-hydrogen) atoms. The summed E-state index contributed by atoms with van der Waals surface area (Å²) in [7, 11) is 0. The molecule has 7 heteroatoms. The highest BCUT2D eigenvalue weighted by Crippen LogP contribution is 2.17. The van der Waals surface area contributed by atoms with Crippen molar-refractivity contribution in [2.75, 3.05) is 6.61 Å². The average Bonchev–Trinajstić information content (AvgIpc) is 2.82. The van der Waals surface area contributed by atoms with Crippen LogP contribution in [0.1, 0.15) is 61.0 Å². The predicted octanol–water partition coefficient (Wildman–Crippen LogP) is 3.83. The third kappa shape index (κ3) is 5.86. The quantitative estimate of drug-likeness (QED) is 0.580. The number of fused-ring (bicyclic) bond motifs is 1. The number of amides is 1. The first kappa shape index (κ1) is 22.7. The Morgan fingerprint density at radius 2 is 1.55 bits per heavy atom. The molecule has 0 aliphatic heterocycles. The first-order valence-electron chi connectivity index (χ1n) is 11.6. The molecule has 3 aromatic rings. The van der Waals surface area contributed by atoms with Crippen LogP contribution >= 0.6 is 0 Å². The predicted molar refractivity (Wildman–Crippen MR) is 126 cm³/mol. The van der Waals surface area contributed by atoms with E-state index < -0.39 is 5.97 Å². The highest BCUT2D eigenvalue weighted by Gasteiger charge is 2.20. The van der Waals surface area contributed by atoms with Gasteiger partial charge >= 0.3 is 5.97 Å². The fraction of sp³-hybridized carbons (Fsp3) is 0.385. The fourth-order valence-corrected chi connectivity index (χ4v) is 4.32. The van der Waals surface area contributed by atoms with Crippen molar-refractivity contribution in [2.24, 2.45) is 0 Å². The summed E-state index contributed by atoms with van der Waals surface area (Å²) in [5, 5.41) is 8.10. The Morgan fingerprint density at radius 3 is 2.27 bits per heavy atom. The van der Waals surface area contributed by atoms with E-state index in [0.717, 1.165) is 31.2 Å². The number of carbonyl (C=O) groups is 2. The molecule has 0 radical (unpaired) electrons. The molecule has 1 aliphatic carbocycles. The molecule has 172 valence electrons. The largest absolute Gasteiger partial charge is 0.451 e. The molecule has 1 aromatic heterocycles. The lowest BCUT2D eigenvalue weighted by Gasteiger charge is -2.21. The molecule has 0 unspecified atom stereocenters. The van der Waals surface area contributed by atoms with Crippen LogP contribution < -0.4 is 10.9 Å². The van der Waals surface area contributed by atoms with Gasteiger partial charge in [-0.2, -0.15) is 5.10 Å². The van der Waals surface area contributed by atoms with Gasteiger partial charge in [-0.3, -0.25) is 9.59 Å². The molecule has 1 fully saturated rings. The smallest absolute Gasteiger partial charge is 0.359 e. The molecule has 1 amide bonds. The van der Waals surface area contributed by atoms with Gasteiger partial charge in [-0.05, 0) is 24.5 Å². The maximum absolute atomic E-state index is 12.9. The molecule has 2 aromatic carbocycles. The third-order valence-corrected chi connectivity index (χ3v) is 6.04. The van der Waals surface area contributed by atoms with Gasteiger partial charge in [0.25, 0.3) is 11.5 Å². The molecule has 4 rings (SSSR count). The van der Waals surface area contributed by atoms with Crippen molar-refractivity contribution in [1.82, 2.24) is 15.1 Å². The molecule has 0 spiro atoms. The zero-order chi connectivity index (χ0) is 23.0. The number of benzene rings is 2. The number of nitrogens with one attached hydrogen (secondary N) is 1. The van der Waals surface area contributed by atoms with Gasteiger partial charge in [0.05, 0.1) is 11.9 Å². The van der Waals surface area contributed by atoms with Crippen molar-refractivity contribution in [1.29, 1.82) is 0 Å². The minimum Gasteiger partial charge on any atom is -0.451 e. The van der Waals surface area contributed by atoms with E-state index in [2.05, 4.69) is 10.4 Å². The molecular weight excluding hydrogens is 418 g/mol. The van der Waals surface area contributed by atoms with Gasteiger partial charge in [0, 0.05) is 11.4 Å². The van der Waals surface area contributed by atoms with Crippen LogP contribution in [0.2, 0.25) is 0 Å². The zero-order valence-corrected chi connectivity index (χ0v) is 18.7. The van der Waals surface area contributed by atoms with Crippen LogP contribution in [0.25, 0.3) is 10.8 Å². The van der Waals surface area contributed by atoms with Crippen LogP contribution in [0.15, 0.2) is 59.4 Å². The van der Waals surface area contributed by atoms with Crippen LogP contribution in [0, 0.1) is 0 Å². The first-order valence-corrected chi connectivity index (χ1v) is 11.6. The van der Waals surface area contributed by atoms with Crippen LogP contribution in [0.5, 0.6) is 0 Å². The number of hydrogen-bond acceptors (Lipinski definition) is 5. The topological polar surface area (TPSA) is 90.3 Å². The van der Waals surface area contributed by atoms with E-state index in [-0.39, 0.29) is 36.4 Å². The second-order valence-electron chi connectivity index (χ2n) is 8.53. The number of nitrogens with zero attached hydrogens (tertiary/aromatic N) is 2. The molecule has 1 aliphatic rings. The van der Waals surface area contributed by atoms with E-state index in [1.165, 1.54) is 23.9 Å². The monoisotopic (exact) mass is 447 g/mol. The molecule has 1 heterocycles. The van der Waals surface area contributed by atoms with Gasteiger partial charge in [-0.25, -0.2) is 9.48 Å².